The van der Waals surface area contributed by atoms with Gasteiger partial charge in [0.2, 0.25) is 16.8 Å². The molecule has 0 amide bonds. The highest BCUT2D eigenvalue weighted by Gasteiger charge is 2.12. The molecule has 0 aliphatic rings. The molecule has 0 bridgehead atoms. The Morgan fingerprint density at radius 1 is 1.00 bits per heavy atom. The molecule has 4 aromatic rings. The van der Waals surface area contributed by atoms with Crippen LogP contribution in [0, 0.1) is 13.8 Å². The van der Waals surface area contributed by atoms with Gasteiger partial charge in [0, 0.05) is 11.3 Å². The minimum absolute atomic E-state index is 0.553. The number of benzene rings is 2. The van der Waals surface area contributed by atoms with Crippen LogP contribution in [0.25, 0.3) is 11.4 Å². The van der Waals surface area contributed by atoms with E-state index in [9.17, 15) is 0 Å². The second-order valence-corrected chi connectivity index (χ2v) is 8.13. The highest BCUT2D eigenvalue weighted by atomic mass is 32.2. The summed E-state index contributed by atoms with van der Waals surface area (Å²) in [7, 11) is 0. The zero-order chi connectivity index (χ0) is 18.6. The normalized spacial score (nSPS) is 10.9. The maximum atomic E-state index is 5.37. The molecule has 4 rings (SSSR count). The fourth-order valence-corrected chi connectivity index (χ4v) is 4.12. The summed E-state index contributed by atoms with van der Waals surface area (Å²) in [5.41, 5.74) is 4.30. The third-order valence-corrected chi connectivity index (χ3v) is 5.92. The first-order valence-corrected chi connectivity index (χ1v) is 10.2. The number of aromatic nitrogens is 4. The number of nitrogens with one attached hydrogen (secondary N) is 1. The van der Waals surface area contributed by atoms with Gasteiger partial charge in [-0.3, -0.25) is 0 Å². The third kappa shape index (κ3) is 4.17. The van der Waals surface area contributed by atoms with Crippen molar-refractivity contribution in [3.63, 3.8) is 0 Å². The molecule has 6 nitrogen and oxygen atoms in total. The molecule has 0 spiro atoms. The monoisotopic (exact) mass is 395 g/mol. The van der Waals surface area contributed by atoms with Crippen molar-refractivity contribution in [2.24, 2.45) is 0 Å². The molecule has 0 fully saturated rings. The van der Waals surface area contributed by atoms with Gasteiger partial charge in [-0.1, -0.05) is 70.7 Å². The molecular weight excluding hydrogens is 378 g/mol. The summed E-state index contributed by atoms with van der Waals surface area (Å²) in [5, 5.41) is 16.6. The Morgan fingerprint density at radius 2 is 1.78 bits per heavy atom. The minimum Gasteiger partial charge on any atom is -0.338 e. The molecule has 136 valence electrons. The Morgan fingerprint density at radius 3 is 2.59 bits per heavy atom. The lowest BCUT2D eigenvalue weighted by Crippen LogP contribution is -1.91. The summed E-state index contributed by atoms with van der Waals surface area (Å²) in [6, 6.07) is 16.1. The van der Waals surface area contributed by atoms with Crippen LogP contribution in [0.5, 0.6) is 0 Å². The van der Waals surface area contributed by atoms with Gasteiger partial charge in [0.25, 0.3) is 0 Å². The quantitative estimate of drug-likeness (QED) is 0.447. The van der Waals surface area contributed by atoms with Crippen LogP contribution in [0.15, 0.2) is 57.4 Å². The minimum atomic E-state index is 0.553. The standard InChI is InChI=1S/C19H17N5OS2/c1-12-7-3-5-9-14(12)17-21-16(25-24-17)11-26-19-23-22-18(27-19)20-15-10-6-4-8-13(15)2/h3-10H,11H2,1-2H3,(H,20,22). The van der Waals surface area contributed by atoms with Crippen molar-refractivity contribution in [3.05, 3.63) is 65.5 Å². The fraction of sp³-hybridized carbons (Fsp3) is 0.158. The van der Waals surface area contributed by atoms with E-state index in [1.165, 1.54) is 23.1 Å². The molecule has 2 aromatic heterocycles. The van der Waals surface area contributed by atoms with E-state index >= 15 is 0 Å². The summed E-state index contributed by atoms with van der Waals surface area (Å²) in [6.45, 7) is 4.09. The van der Waals surface area contributed by atoms with Crippen molar-refractivity contribution in [3.8, 4) is 11.4 Å². The van der Waals surface area contributed by atoms with Gasteiger partial charge in [0.1, 0.15) is 0 Å². The SMILES string of the molecule is Cc1ccccc1Nc1nnc(SCc2nc(-c3ccccc3C)no2)s1. The predicted molar refractivity (Wildman–Crippen MR) is 108 cm³/mol. The van der Waals surface area contributed by atoms with Gasteiger partial charge in [0.15, 0.2) is 4.34 Å². The molecule has 0 aliphatic heterocycles. The van der Waals surface area contributed by atoms with E-state index in [-0.39, 0.29) is 0 Å². The van der Waals surface area contributed by atoms with Gasteiger partial charge in [-0.2, -0.15) is 4.98 Å². The fourth-order valence-electron chi connectivity index (χ4n) is 2.52. The maximum Gasteiger partial charge on any atom is 0.237 e. The van der Waals surface area contributed by atoms with Gasteiger partial charge in [-0.25, -0.2) is 0 Å². The van der Waals surface area contributed by atoms with Crippen LogP contribution >= 0.6 is 23.1 Å². The van der Waals surface area contributed by atoms with Crippen LogP contribution in [0.1, 0.15) is 17.0 Å². The Balaban J connectivity index is 1.39. The maximum absolute atomic E-state index is 5.37. The number of thioether (sulfide) groups is 1. The number of anilines is 2. The Labute approximate surface area is 165 Å². The number of hydrogen-bond donors (Lipinski definition) is 1. The average molecular weight is 396 g/mol. The van der Waals surface area contributed by atoms with Gasteiger partial charge >= 0.3 is 0 Å². The Hall–Kier alpha value is -2.71. The van der Waals surface area contributed by atoms with Crippen LogP contribution in [-0.4, -0.2) is 20.3 Å². The second kappa shape index (κ2) is 7.89. The van der Waals surface area contributed by atoms with Gasteiger partial charge in [0.05, 0.1) is 5.75 Å². The predicted octanol–water partition coefficient (Wildman–Crippen LogP) is 5.24. The van der Waals surface area contributed by atoms with E-state index in [1.54, 1.807) is 0 Å². The first-order chi connectivity index (χ1) is 13.2. The Bertz CT molecular complexity index is 1060. The van der Waals surface area contributed by atoms with Crippen LogP contribution in [0.2, 0.25) is 0 Å². The topological polar surface area (TPSA) is 76.7 Å². The van der Waals surface area contributed by atoms with E-state index in [0.717, 1.165) is 31.8 Å². The lowest BCUT2D eigenvalue weighted by molar-refractivity contribution is 0.391. The third-order valence-electron chi connectivity index (χ3n) is 3.97. The highest BCUT2D eigenvalue weighted by molar-refractivity contribution is 8.00. The molecule has 1 N–H and O–H groups in total. The Kier molecular flexibility index (Phi) is 5.17. The second-order valence-electron chi connectivity index (χ2n) is 5.93. The van der Waals surface area contributed by atoms with Crippen molar-refractivity contribution in [2.45, 2.75) is 23.9 Å². The molecule has 8 heteroatoms. The van der Waals surface area contributed by atoms with Crippen molar-refractivity contribution in [1.29, 1.82) is 0 Å². The van der Waals surface area contributed by atoms with Crippen molar-refractivity contribution < 1.29 is 4.52 Å². The van der Waals surface area contributed by atoms with E-state index in [4.69, 9.17) is 4.52 Å². The van der Waals surface area contributed by atoms with Gasteiger partial charge < -0.3 is 9.84 Å². The molecular formula is C19H17N5OS2. The molecule has 0 saturated carbocycles. The van der Waals surface area contributed by atoms with Crippen molar-refractivity contribution in [1.82, 2.24) is 20.3 Å². The molecule has 0 atom stereocenters. The van der Waals surface area contributed by atoms with E-state index < -0.39 is 0 Å². The highest BCUT2D eigenvalue weighted by Crippen LogP contribution is 2.30. The van der Waals surface area contributed by atoms with E-state index in [2.05, 4.69) is 38.6 Å². The number of hydrogen-bond acceptors (Lipinski definition) is 8. The molecule has 0 radical (unpaired) electrons. The molecule has 0 aliphatic carbocycles. The number of aryl methyl sites for hydroxylation is 2. The summed E-state index contributed by atoms with van der Waals surface area (Å²) in [4.78, 5) is 4.48. The summed E-state index contributed by atoms with van der Waals surface area (Å²) < 4.78 is 6.22. The summed E-state index contributed by atoms with van der Waals surface area (Å²) in [6.07, 6.45) is 0. The smallest absolute Gasteiger partial charge is 0.237 e. The van der Waals surface area contributed by atoms with E-state index in [0.29, 0.717) is 17.5 Å². The summed E-state index contributed by atoms with van der Waals surface area (Å²) >= 11 is 3.03. The molecule has 2 aromatic carbocycles. The van der Waals surface area contributed by atoms with Crippen LogP contribution < -0.4 is 5.32 Å². The van der Waals surface area contributed by atoms with Crippen molar-refractivity contribution >= 4 is 33.9 Å². The lowest BCUT2D eigenvalue weighted by Gasteiger charge is -2.04. The zero-order valence-electron chi connectivity index (χ0n) is 14.8. The number of nitrogens with zero attached hydrogens (tertiary/aromatic N) is 4. The molecule has 27 heavy (non-hydrogen) atoms. The molecule has 2 heterocycles. The zero-order valence-corrected chi connectivity index (χ0v) is 16.5. The summed E-state index contributed by atoms with van der Waals surface area (Å²) in [5.74, 6) is 1.74. The van der Waals surface area contributed by atoms with Crippen LogP contribution in [0.4, 0.5) is 10.8 Å². The van der Waals surface area contributed by atoms with E-state index in [1.807, 2.05) is 49.4 Å². The largest absolute Gasteiger partial charge is 0.338 e. The average Bonchev–Trinajstić information content (AvgIpc) is 3.32. The van der Waals surface area contributed by atoms with Gasteiger partial charge in [-0.05, 0) is 31.0 Å². The molecule has 0 saturated heterocycles. The van der Waals surface area contributed by atoms with Crippen LogP contribution in [0.3, 0.4) is 0 Å². The number of para-hydroxylation sites is 1. The van der Waals surface area contributed by atoms with Crippen molar-refractivity contribution in [2.75, 3.05) is 5.32 Å². The number of rotatable bonds is 6. The molecule has 0 unspecified atom stereocenters. The van der Waals surface area contributed by atoms with Gasteiger partial charge in [-0.15, -0.1) is 10.2 Å². The lowest BCUT2D eigenvalue weighted by atomic mass is 10.1. The first kappa shape index (κ1) is 17.7. The van der Waals surface area contributed by atoms with Crippen LogP contribution in [-0.2, 0) is 5.75 Å². The first-order valence-electron chi connectivity index (χ1n) is 8.36.